The summed E-state index contributed by atoms with van der Waals surface area (Å²) in [5.74, 6) is 6.01. The monoisotopic (exact) mass is 682 g/mol. The van der Waals surface area contributed by atoms with Crippen molar-refractivity contribution in [3.05, 3.63) is 75.8 Å². The molecule has 4 aromatic carbocycles. The first-order valence-electron chi connectivity index (χ1n) is 17.0. The summed E-state index contributed by atoms with van der Waals surface area (Å²) in [7, 11) is 13.8. The fraction of sp³-hybridized carbons (Fsp3) is 0.400. The van der Waals surface area contributed by atoms with Gasteiger partial charge in [-0.1, -0.05) is 0 Å². The predicted octanol–water partition coefficient (Wildman–Crippen LogP) is 6.72. The highest BCUT2D eigenvalue weighted by Crippen LogP contribution is 2.53. The molecule has 2 heterocycles. The number of nitrogens with zero attached hydrogens (tertiary/aromatic N) is 1. The van der Waals surface area contributed by atoms with Crippen LogP contribution in [0.3, 0.4) is 0 Å². The van der Waals surface area contributed by atoms with Crippen molar-refractivity contribution in [1.82, 2.24) is 10.2 Å². The van der Waals surface area contributed by atoms with Gasteiger partial charge in [-0.2, -0.15) is 0 Å². The van der Waals surface area contributed by atoms with Gasteiger partial charge in [-0.25, -0.2) is 0 Å². The van der Waals surface area contributed by atoms with Gasteiger partial charge in [0.1, 0.15) is 5.75 Å². The molecule has 0 fully saturated rings. The molecule has 50 heavy (non-hydrogen) atoms. The summed E-state index contributed by atoms with van der Waals surface area (Å²) in [5.41, 5.74) is 9.20. The molecule has 2 unspecified atom stereocenters. The molecule has 10 nitrogen and oxygen atoms in total. The van der Waals surface area contributed by atoms with Crippen LogP contribution in [0.1, 0.15) is 45.5 Å². The highest BCUT2D eigenvalue weighted by atomic mass is 16.5. The largest absolute Gasteiger partial charge is 0.493 e. The highest BCUT2D eigenvalue weighted by molar-refractivity contribution is 5.85. The molecule has 7 rings (SSSR count). The minimum Gasteiger partial charge on any atom is -0.493 e. The minimum atomic E-state index is 0.0509. The minimum absolute atomic E-state index is 0.0509. The second kappa shape index (κ2) is 13.8. The van der Waals surface area contributed by atoms with Gasteiger partial charge in [0.05, 0.1) is 49.8 Å². The fourth-order valence-electron chi connectivity index (χ4n) is 7.96. The van der Waals surface area contributed by atoms with Crippen LogP contribution >= 0.6 is 0 Å². The van der Waals surface area contributed by atoms with E-state index in [1.54, 1.807) is 49.8 Å². The van der Waals surface area contributed by atoms with Crippen molar-refractivity contribution in [1.29, 1.82) is 0 Å². The van der Waals surface area contributed by atoms with Crippen LogP contribution in [0.25, 0.3) is 11.1 Å². The van der Waals surface area contributed by atoms with Crippen molar-refractivity contribution in [2.75, 3.05) is 69.9 Å². The van der Waals surface area contributed by atoms with Gasteiger partial charge in [0.15, 0.2) is 46.0 Å². The van der Waals surface area contributed by atoms with Gasteiger partial charge in [-0.05, 0) is 109 Å². The second-order valence-corrected chi connectivity index (χ2v) is 13.0. The number of hydrogen-bond donors (Lipinski definition) is 1. The zero-order chi connectivity index (χ0) is 35.1. The van der Waals surface area contributed by atoms with E-state index >= 15 is 0 Å². The zero-order valence-electron chi connectivity index (χ0n) is 30.2. The molecule has 0 saturated heterocycles. The Hall–Kier alpha value is -4.80. The van der Waals surface area contributed by atoms with Crippen LogP contribution < -0.4 is 43.2 Å². The second-order valence-electron chi connectivity index (χ2n) is 13.0. The maximum Gasteiger partial charge on any atom is 0.169 e. The number of hydrogen-bond acceptors (Lipinski definition) is 10. The van der Waals surface area contributed by atoms with Gasteiger partial charge in [0, 0.05) is 35.8 Å². The Labute approximate surface area is 294 Å². The van der Waals surface area contributed by atoms with Crippen LogP contribution in [0.5, 0.6) is 51.7 Å². The summed E-state index contributed by atoms with van der Waals surface area (Å²) >= 11 is 0. The van der Waals surface area contributed by atoms with Gasteiger partial charge >= 0.3 is 0 Å². The number of rotatable bonds is 11. The maximum absolute atomic E-state index is 6.88. The third kappa shape index (κ3) is 5.70. The van der Waals surface area contributed by atoms with Gasteiger partial charge in [0.2, 0.25) is 0 Å². The molecule has 1 aliphatic carbocycles. The Morgan fingerprint density at radius 1 is 0.620 bits per heavy atom. The van der Waals surface area contributed by atoms with E-state index in [0.29, 0.717) is 40.9 Å². The fourth-order valence-corrected chi connectivity index (χ4v) is 7.96. The summed E-state index contributed by atoms with van der Waals surface area (Å²) in [6, 6.07) is 14.6. The standard InChI is InChI=1S/C40H46N2O8/c1-42-12-10-22-15-31(43-2)33(45-4)19-26(22)29(42)14-25-18-32(44-3)35(47-6)21-30(25)50-36-17-24-13-28-38-23(9-11-41-28)16-37(48-7)40(49-8)39(38)27(24)20-34(36)46-5/h15-21,28-29,41H,9-14H2,1-8H3. The first-order valence-corrected chi connectivity index (χ1v) is 17.0. The van der Waals surface area contributed by atoms with E-state index in [4.69, 9.17) is 37.9 Å². The lowest BCUT2D eigenvalue weighted by Gasteiger charge is -2.36. The topological polar surface area (TPSA) is 89.1 Å². The number of likely N-dealkylation sites (N-methyl/N-ethyl adjacent to an activating group) is 1. The molecule has 264 valence electrons. The van der Waals surface area contributed by atoms with Crippen molar-refractivity contribution in [3.63, 3.8) is 0 Å². The Kier molecular flexibility index (Phi) is 9.32. The Morgan fingerprint density at radius 3 is 1.94 bits per heavy atom. The van der Waals surface area contributed by atoms with Crippen LogP contribution in [0.15, 0.2) is 42.5 Å². The molecule has 2 aliphatic heterocycles. The normalized spacial score (nSPS) is 17.5. The molecule has 0 bridgehead atoms. The van der Waals surface area contributed by atoms with Gasteiger partial charge in [0.25, 0.3) is 0 Å². The highest BCUT2D eigenvalue weighted by Gasteiger charge is 2.35. The van der Waals surface area contributed by atoms with Crippen LogP contribution in [0.2, 0.25) is 0 Å². The Morgan fingerprint density at radius 2 is 1.24 bits per heavy atom. The van der Waals surface area contributed by atoms with E-state index in [0.717, 1.165) is 71.9 Å². The maximum atomic E-state index is 6.88. The zero-order valence-corrected chi connectivity index (χ0v) is 30.2. The summed E-state index contributed by atoms with van der Waals surface area (Å²) in [5, 5.41) is 3.73. The van der Waals surface area contributed by atoms with Crippen molar-refractivity contribution in [3.8, 4) is 62.9 Å². The van der Waals surface area contributed by atoms with E-state index in [2.05, 4.69) is 47.6 Å². The molecule has 10 heteroatoms. The SMILES string of the molecule is COc1cc(CC2c3cc(OC)c(OC)cc3CCN2C)c(Oc2cc3c(cc2OC)-c2c(OC)c(OC)cc4c2C(C3)NCC4)cc1OC. The van der Waals surface area contributed by atoms with Crippen molar-refractivity contribution in [2.45, 2.75) is 37.8 Å². The third-order valence-corrected chi connectivity index (χ3v) is 10.5. The molecular formula is C40H46N2O8. The van der Waals surface area contributed by atoms with E-state index in [9.17, 15) is 0 Å². The first kappa shape index (κ1) is 33.7. The lowest BCUT2D eigenvalue weighted by molar-refractivity contribution is 0.226. The van der Waals surface area contributed by atoms with Crippen molar-refractivity contribution in [2.24, 2.45) is 0 Å². The van der Waals surface area contributed by atoms with Crippen LogP contribution in [0.4, 0.5) is 0 Å². The lowest BCUT2D eigenvalue weighted by Crippen LogP contribution is -2.34. The number of methoxy groups -OCH3 is 7. The smallest absolute Gasteiger partial charge is 0.169 e. The average Bonchev–Trinajstić information content (AvgIpc) is 3.15. The molecule has 0 radical (unpaired) electrons. The van der Waals surface area contributed by atoms with Crippen molar-refractivity contribution >= 4 is 0 Å². The van der Waals surface area contributed by atoms with E-state index < -0.39 is 0 Å². The average molecular weight is 683 g/mol. The van der Waals surface area contributed by atoms with Gasteiger partial charge in [-0.3, -0.25) is 4.90 Å². The van der Waals surface area contributed by atoms with E-state index in [1.165, 1.54) is 22.3 Å². The number of nitrogens with one attached hydrogen (secondary N) is 1. The summed E-state index contributed by atoms with van der Waals surface area (Å²) in [6.45, 7) is 1.80. The molecule has 0 aromatic heterocycles. The molecule has 0 amide bonds. The number of fused-ring (bicyclic) bond motifs is 3. The summed E-state index contributed by atoms with van der Waals surface area (Å²) < 4.78 is 47.6. The third-order valence-electron chi connectivity index (χ3n) is 10.5. The lowest BCUT2D eigenvalue weighted by atomic mass is 9.77. The van der Waals surface area contributed by atoms with E-state index in [-0.39, 0.29) is 12.1 Å². The first-order chi connectivity index (χ1) is 24.3. The van der Waals surface area contributed by atoms with Crippen LogP contribution in [0, 0.1) is 0 Å². The van der Waals surface area contributed by atoms with Crippen LogP contribution in [-0.2, 0) is 25.7 Å². The van der Waals surface area contributed by atoms with Crippen molar-refractivity contribution < 1.29 is 37.9 Å². The molecule has 3 aliphatic rings. The Bertz CT molecular complexity index is 1920. The Balaban J connectivity index is 1.33. The van der Waals surface area contributed by atoms with Gasteiger partial charge in [-0.15, -0.1) is 0 Å². The molecule has 1 N–H and O–H groups in total. The number of ether oxygens (including phenoxy) is 8. The summed E-state index contributed by atoms with van der Waals surface area (Å²) in [6.07, 6.45) is 3.30. The van der Waals surface area contributed by atoms with Gasteiger partial charge < -0.3 is 43.2 Å². The molecule has 0 spiro atoms. The molecule has 4 aromatic rings. The van der Waals surface area contributed by atoms with Crippen LogP contribution in [-0.4, -0.2) is 74.8 Å². The molecular weight excluding hydrogens is 636 g/mol. The molecule has 0 saturated carbocycles. The summed E-state index contributed by atoms with van der Waals surface area (Å²) in [4.78, 5) is 2.37. The predicted molar refractivity (Wildman–Crippen MR) is 192 cm³/mol. The quantitative estimate of drug-likeness (QED) is 0.184. The number of benzene rings is 4. The van der Waals surface area contributed by atoms with E-state index in [1.807, 2.05) is 12.1 Å². The molecule has 2 atom stereocenters.